The van der Waals surface area contributed by atoms with E-state index >= 15 is 0 Å². The van der Waals surface area contributed by atoms with Crippen LogP contribution in [0.5, 0.6) is 0 Å². The lowest BCUT2D eigenvalue weighted by atomic mass is 10.1. The second-order valence-electron chi connectivity index (χ2n) is 7.94. The summed E-state index contributed by atoms with van der Waals surface area (Å²) in [5.74, 6) is -0.392. The molecular formula is C23H29N3O3S2. The van der Waals surface area contributed by atoms with E-state index in [9.17, 15) is 13.2 Å². The predicted octanol–water partition coefficient (Wildman–Crippen LogP) is 4.31. The number of anilines is 1. The van der Waals surface area contributed by atoms with E-state index in [4.69, 9.17) is 4.98 Å². The van der Waals surface area contributed by atoms with Gasteiger partial charge in [-0.15, -0.1) is 0 Å². The summed E-state index contributed by atoms with van der Waals surface area (Å²) in [7, 11) is 0.437. The topological polar surface area (TPSA) is 70.6 Å². The van der Waals surface area contributed by atoms with Crippen molar-refractivity contribution in [2.24, 2.45) is 0 Å². The lowest BCUT2D eigenvalue weighted by Crippen LogP contribution is -2.34. The summed E-state index contributed by atoms with van der Waals surface area (Å²) in [4.78, 5) is 22.2. The molecule has 0 atom stereocenters. The van der Waals surface area contributed by atoms with Gasteiger partial charge in [-0.2, -0.15) is 0 Å². The number of amides is 1. The molecule has 0 saturated carbocycles. The molecule has 0 unspecified atom stereocenters. The molecule has 0 spiro atoms. The molecule has 1 heterocycles. The van der Waals surface area contributed by atoms with Crippen molar-refractivity contribution in [3.05, 3.63) is 53.1 Å². The molecule has 31 heavy (non-hydrogen) atoms. The van der Waals surface area contributed by atoms with Crippen molar-refractivity contribution in [3.63, 3.8) is 0 Å². The Morgan fingerprint density at radius 2 is 1.81 bits per heavy atom. The fourth-order valence-corrected chi connectivity index (χ4v) is 5.77. The van der Waals surface area contributed by atoms with Gasteiger partial charge in [0.2, 0.25) is 0 Å². The molecule has 3 rings (SSSR count). The Labute approximate surface area is 188 Å². The molecule has 1 amide bonds. The lowest BCUT2D eigenvalue weighted by Gasteiger charge is -2.22. The normalized spacial score (nSPS) is 11.9. The van der Waals surface area contributed by atoms with Crippen LogP contribution in [-0.2, 0) is 9.84 Å². The summed E-state index contributed by atoms with van der Waals surface area (Å²) in [5, 5.41) is 0.594. The zero-order chi connectivity index (χ0) is 22.8. The molecule has 3 aromatic rings. The number of aromatic nitrogens is 1. The Hall–Kier alpha value is -2.29. The number of sulfone groups is 1. The van der Waals surface area contributed by atoms with E-state index in [1.54, 1.807) is 30.0 Å². The number of hydrogen-bond acceptors (Lipinski definition) is 6. The highest BCUT2D eigenvalue weighted by Crippen LogP contribution is 2.33. The summed E-state index contributed by atoms with van der Waals surface area (Å²) < 4.78 is 26.3. The third-order valence-corrected chi connectivity index (χ3v) is 7.93. The second-order valence-corrected chi connectivity index (χ2v) is 11.2. The van der Waals surface area contributed by atoms with Gasteiger partial charge in [-0.1, -0.05) is 36.5 Å². The zero-order valence-corrected chi connectivity index (χ0v) is 20.3. The number of fused-ring (bicyclic) bond motifs is 1. The Bertz CT molecular complexity index is 1200. The quantitative estimate of drug-likeness (QED) is 0.502. The van der Waals surface area contributed by atoms with Gasteiger partial charge in [-0.05, 0) is 70.2 Å². The Kier molecular flexibility index (Phi) is 7.13. The largest absolute Gasteiger partial charge is 0.309 e. The number of hydrogen-bond donors (Lipinski definition) is 0. The monoisotopic (exact) mass is 459 g/mol. The van der Waals surface area contributed by atoms with Gasteiger partial charge in [-0.3, -0.25) is 9.69 Å². The highest BCUT2D eigenvalue weighted by molar-refractivity contribution is 7.91. The Balaban J connectivity index is 2.09. The summed E-state index contributed by atoms with van der Waals surface area (Å²) in [6, 6.07) is 10.6. The van der Waals surface area contributed by atoms with E-state index in [-0.39, 0.29) is 22.1 Å². The maximum atomic E-state index is 13.6. The van der Waals surface area contributed by atoms with E-state index in [0.717, 1.165) is 34.3 Å². The smallest absolute Gasteiger partial charge is 0.261 e. The average Bonchev–Trinajstić information content (AvgIpc) is 3.14. The van der Waals surface area contributed by atoms with Gasteiger partial charge >= 0.3 is 0 Å². The van der Waals surface area contributed by atoms with Gasteiger partial charge in [-0.25, -0.2) is 13.4 Å². The van der Waals surface area contributed by atoms with Crippen molar-refractivity contribution >= 4 is 42.4 Å². The van der Waals surface area contributed by atoms with Gasteiger partial charge < -0.3 is 4.90 Å². The third kappa shape index (κ3) is 5.14. The molecule has 6 nitrogen and oxygen atoms in total. The highest BCUT2D eigenvalue weighted by Gasteiger charge is 2.27. The first kappa shape index (κ1) is 23.4. The van der Waals surface area contributed by atoms with Gasteiger partial charge in [0.05, 0.1) is 26.4 Å². The van der Waals surface area contributed by atoms with E-state index in [1.165, 1.54) is 17.4 Å². The lowest BCUT2D eigenvalue weighted by molar-refractivity contribution is 0.0983. The molecule has 0 radical (unpaired) electrons. The van der Waals surface area contributed by atoms with Gasteiger partial charge in [0.25, 0.3) is 5.91 Å². The van der Waals surface area contributed by atoms with E-state index in [1.807, 2.05) is 27.9 Å². The maximum Gasteiger partial charge on any atom is 0.261 e. The first-order chi connectivity index (χ1) is 14.6. The minimum atomic E-state index is -3.53. The number of carbonyl (C=O) groups is 1. The number of rotatable bonds is 8. The summed E-state index contributed by atoms with van der Waals surface area (Å²) in [6.45, 7) is 6.90. The number of carbonyl (C=O) groups excluding carboxylic acids is 1. The molecule has 0 fully saturated rings. The SMILES string of the molecule is CCS(=O)(=O)c1ccccc1C(=O)N(CCCN(C)C)c1nc2c(C)cc(C)cc2s1. The van der Waals surface area contributed by atoms with Crippen LogP contribution >= 0.6 is 11.3 Å². The van der Waals surface area contributed by atoms with Crippen LogP contribution in [-0.4, -0.2) is 57.1 Å². The Morgan fingerprint density at radius 1 is 1.10 bits per heavy atom. The number of aryl methyl sites for hydroxylation is 2. The predicted molar refractivity (Wildman–Crippen MR) is 128 cm³/mol. The molecule has 0 N–H and O–H groups in total. The van der Waals surface area contributed by atoms with Crippen LogP contribution in [0.4, 0.5) is 5.13 Å². The molecule has 8 heteroatoms. The molecule has 2 aromatic carbocycles. The van der Waals surface area contributed by atoms with Gasteiger partial charge in [0, 0.05) is 6.54 Å². The van der Waals surface area contributed by atoms with Gasteiger partial charge in [0.15, 0.2) is 15.0 Å². The first-order valence-corrected chi connectivity index (χ1v) is 12.8. The van der Waals surface area contributed by atoms with Gasteiger partial charge in [0.1, 0.15) is 0 Å². The number of nitrogens with zero attached hydrogens (tertiary/aromatic N) is 3. The average molecular weight is 460 g/mol. The van der Waals surface area contributed by atoms with Crippen LogP contribution in [0.15, 0.2) is 41.3 Å². The number of benzene rings is 2. The molecule has 1 aromatic heterocycles. The Morgan fingerprint density at radius 3 is 2.48 bits per heavy atom. The fraction of sp³-hybridized carbons (Fsp3) is 0.391. The van der Waals surface area contributed by atoms with Crippen molar-refractivity contribution in [2.75, 3.05) is 37.8 Å². The highest BCUT2D eigenvalue weighted by atomic mass is 32.2. The van der Waals surface area contributed by atoms with Crippen LogP contribution in [0.3, 0.4) is 0 Å². The van der Waals surface area contributed by atoms with E-state index in [2.05, 4.69) is 17.0 Å². The summed E-state index contributed by atoms with van der Waals surface area (Å²) >= 11 is 1.47. The molecule has 0 saturated heterocycles. The molecule has 0 bridgehead atoms. The summed E-state index contributed by atoms with van der Waals surface area (Å²) in [5.41, 5.74) is 3.28. The van der Waals surface area contributed by atoms with Crippen molar-refractivity contribution in [1.82, 2.24) is 9.88 Å². The molecule has 0 aliphatic carbocycles. The number of thiazole rings is 1. The molecule has 0 aliphatic rings. The van der Waals surface area contributed by atoms with Crippen LogP contribution in [0, 0.1) is 13.8 Å². The van der Waals surface area contributed by atoms with Crippen LogP contribution in [0.1, 0.15) is 34.8 Å². The minimum Gasteiger partial charge on any atom is -0.309 e. The third-order valence-electron chi connectivity index (χ3n) is 5.11. The molecular weight excluding hydrogens is 430 g/mol. The van der Waals surface area contributed by atoms with E-state index < -0.39 is 9.84 Å². The van der Waals surface area contributed by atoms with Crippen molar-refractivity contribution in [1.29, 1.82) is 0 Å². The van der Waals surface area contributed by atoms with Crippen LogP contribution < -0.4 is 4.90 Å². The summed E-state index contributed by atoms with van der Waals surface area (Å²) in [6.07, 6.45) is 0.745. The minimum absolute atomic E-state index is 0.0580. The van der Waals surface area contributed by atoms with Crippen LogP contribution in [0.2, 0.25) is 0 Å². The maximum absolute atomic E-state index is 13.6. The van der Waals surface area contributed by atoms with E-state index in [0.29, 0.717) is 11.7 Å². The standard InChI is InChI=1S/C23H29N3O3S2/c1-6-31(28,29)20-11-8-7-10-18(20)22(27)26(13-9-12-25(4)5)23-24-21-17(3)14-16(2)15-19(21)30-23/h7-8,10-11,14-15H,6,9,12-13H2,1-5H3. The first-order valence-electron chi connectivity index (χ1n) is 10.3. The molecule has 166 valence electrons. The van der Waals surface area contributed by atoms with Crippen molar-refractivity contribution in [3.8, 4) is 0 Å². The van der Waals surface area contributed by atoms with Crippen LogP contribution in [0.25, 0.3) is 10.2 Å². The molecule has 0 aliphatic heterocycles. The fourth-order valence-electron chi connectivity index (χ4n) is 3.52. The van der Waals surface area contributed by atoms with Crippen molar-refractivity contribution < 1.29 is 13.2 Å². The zero-order valence-electron chi connectivity index (χ0n) is 18.7. The van der Waals surface area contributed by atoms with Crippen molar-refractivity contribution in [2.45, 2.75) is 32.1 Å². The second kappa shape index (κ2) is 9.46.